The second-order valence-electron chi connectivity index (χ2n) is 6.25. The molecule has 1 aromatic heterocycles. The van der Waals surface area contributed by atoms with Crippen molar-refractivity contribution in [2.75, 3.05) is 13.7 Å². The van der Waals surface area contributed by atoms with Crippen LogP contribution < -0.4 is 4.74 Å². The molecule has 0 aliphatic carbocycles. The van der Waals surface area contributed by atoms with Crippen molar-refractivity contribution in [3.8, 4) is 5.75 Å². The van der Waals surface area contributed by atoms with Crippen LogP contribution in [0.25, 0.3) is 10.9 Å². The van der Waals surface area contributed by atoms with Crippen molar-refractivity contribution in [3.05, 3.63) is 65.4 Å². The number of carbonyl (C=O) groups excluding carboxylic acids is 1. The molecule has 4 heteroatoms. The lowest BCUT2D eigenvalue weighted by atomic mass is 10.1. The molecule has 4 nitrogen and oxygen atoms in total. The molecule has 1 amide bonds. The summed E-state index contributed by atoms with van der Waals surface area (Å²) < 4.78 is 7.53. The average molecular weight is 320 g/mol. The second-order valence-corrected chi connectivity index (χ2v) is 6.25. The van der Waals surface area contributed by atoms with E-state index >= 15 is 0 Å². The van der Waals surface area contributed by atoms with Crippen LogP contribution in [0.4, 0.5) is 0 Å². The second kappa shape index (κ2) is 5.71. The summed E-state index contributed by atoms with van der Waals surface area (Å²) in [5.74, 6) is 0.655. The molecular formula is C20H20N2O2. The third kappa shape index (κ3) is 2.26. The topological polar surface area (TPSA) is 34.5 Å². The Balaban J connectivity index is 1.73. The highest BCUT2D eigenvalue weighted by molar-refractivity contribution is 5.97. The van der Waals surface area contributed by atoms with Crippen LogP contribution in [0.3, 0.4) is 0 Å². The molecule has 24 heavy (non-hydrogen) atoms. The fourth-order valence-corrected chi connectivity index (χ4v) is 3.65. The van der Waals surface area contributed by atoms with Gasteiger partial charge >= 0.3 is 0 Å². The molecule has 1 aliphatic heterocycles. The normalized spacial score (nSPS) is 13.8. The Kier molecular flexibility index (Phi) is 3.53. The van der Waals surface area contributed by atoms with Crippen molar-refractivity contribution < 1.29 is 9.53 Å². The Morgan fingerprint density at radius 3 is 2.75 bits per heavy atom. The zero-order valence-corrected chi connectivity index (χ0v) is 14.0. The van der Waals surface area contributed by atoms with Crippen LogP contribution in [0.15, 0.2) is 48.7 Å². The van der Waals surface area contributed by atoms with E-state index in [4.69, 9.17) is 4.74 Å². The fraction of sp³-hybridized carbons (Fsp3) is 0.250. The molecule has 0 saturated carbocycles. The van der Waals surface area contributed by atoms with Gasteiger partial charge in [0.1, 0.15) is 5.75 Å². The van der Waals surface area contributed by atoms with Crippen LogP contribution in [0.2, 0.25) is 0 Å². The number of aryl methyl sites for hydroxylation is 1. The number of ether oxygens (including phenoxy) is 1. The number of rotatable bonds is 2. The summed E-state index contributed by atoms with van der Waals surface area (Å²) in [5.41, 5.74) is 4.38. The van der Waals surface area contributed by atoms with Gasteiger partial charge in [-0.2, -0.15) is 0 Å². The molecule has 4 rings (SSSR count). The highest BCUT2D eigenvalue weighted by atomic mass is 16.5. The number of aromatic nitrogens is 1. The number of para-hydroxylation sites is 1. The largest absolute Gasteiger partial charge is 0.496 e. The van der Waals surface area contributed by atoms with E-state index < -0.39 is 0 Å². The number of methoxy groups -OCH3 is 1. The Morgan fingerprint density at radius 1 is 1.08 bits per heavy atom. The maximum atomic E-state index is 13.0. The number of hydrogen-bond acceptors (Lipinski definition) is 2. The summed E-state index contributed by atoms with van der Waals surface area (Å²) >= 11 is 0. The van der Waals surface area contributed by atoms with Gasteiger partial charge in [-0.25, -0.2) is 0 Å². The van der Waals surface area contributed by atoms with Gasteiger partial charge in [-0.1, -0.05) is 24.3 Å². The van der Waals surface area contributed by atoms with Crippen LogP contribution in [0.5, 0.6) is 5.75 Å². The Labute approximate surface area is 141 Å². The van der Waals surface area contributed by atoms with E-state index in [-0.39, 0.29) is 5.91 Å². The zero-order valence-electron chi connectivity index (χ0n) is 14.0. The van der Waals surface area contributed by atoms with Gasteiger partial charge in [-0.3, -0.25) is 4.79 Å². The SMILES string of the molecule is COc1ccccc1C(=O)N1CCc2cn(C)c3cccc(c23)C1. The van der Waals surface area contributed by atoms with Crippen molar-refractivity contribution in [2.45, 2.75) is 13.0 Å². The van der Waals surface area contributed by atoms with E-state index in [1.54, 1.807) is 7.11 Å². The van der Waals surface area contributed by atoms with Gasteiger partial charge < -0.3 is 14.2 Å². The molecule has 3 aromatic rings. The van der Waals surface area contributed by atoms with Crippen molar-refractivity contribution >= 4 is 16.8 Å². The first kappa shape index (κ1) is 14.8. The molecule has 122 valence electrons. The lowest BCUT2D eigenvalue weighted by molar-refractivity contribution is 0.0744. The number of nitrogens with zero attached hydrogens (tertiary/aromatic N) is 2. The standard InChI is InChI=1S/C20H20N2O2/c1-21-12-15-10-11-22(13-14-6-5-8-17(21)19(14)15)20(23)16-7-3-4-9-18(16)24-2/h3-9,12H,10-11,13H2,1-2H3. The first-order chi connectivity index (χ1) is 11.7. The molecule has 0 saturated heterocycles. The summed E-state index contributed by atoms with van der Waals surface area (Å²) in [7, 11) is 3.68. The highest BCUT2D eigenvalue weighted by Crippen LogP contribution is 2.30. The molecule has 0 N–H and O–H groups in total. The van der Waals surface area contributed by atoms with Gasteiger partial charge in [0, 0.05) is 37.2 Å². The van der Waals surface area contributed by atoms with Crippen LogP contribution in [0.1, 0.15) is 21.5 Å². The maximum absolute atomic E-state index is 13.0. The van der Waals surface area contributed by atoms with E-state index in [2.05, 4.69) is 36.0 Å². The minimum absolute atomic E-state index is 0.0268. The van der Waals surface area contributed by atoms with Crippen LogP contribution in [-0.2, 0) is 20.0 Å². The minimum atomic E-state index is 0.0268. The van der Waals surface area contributed by atoms with Gasteiger partial charge in [-0.05, 0) is 35.7 Å². The number of benzene rings is 2. The summed E-state index contributed by atoms with van der Waals surface area (Å²) in [5, 5.41) is 1.30. The van der Waals surface area contributed by atoms with Gasteiger partial charge in [0.15, 0.2) is 0 Å². The summed E-state index contributed by atoms with van der Waals surface area (Å²) in [6.45, 7) is 1.34. The molecule has 0 radical (unpaired) electrons. The van der Waals surface area contributed by atoms with Gasteiger partial charge in [0.2, 0.25) is 0 Å². The molecule has 0 spiro atoms. The Bertz CT molecular complexity index is 927. The first-order valence-electron chi connectivity index (χ1n) is 8.17. The third-order valence-electron chi connectivity index (χ3n) is 4.82. The molecule has 0 unspecified atom stereocenters. The van der Waals surface area contributed by atoms with Crippen LogP contribution in [0, 0.1) is 0 Å². The summed E-state index contributed by atoms with van der Waals surface area (Å²) in [6.07, 6.45) is 3.06. The first-order valence-corrected chi connectivity index (χ1v) is 8.17. The molecule has 0 atom stereocenters. The summed E-state index contributed by atoms with van der Waals surface area (Å²) in [6, 6.07) is 13.8. The average Bonchev–Trinajstić information content (AvgIpc) is 2.83. The van der Waals surface area contributed by atoms with Gasteiger partial charge in [-0.15, -0.1) is 0 Å². The molecule has 1 aliphatic rings. The Morgan fingerprint density at radius 2 is 1.92 bits per heavy atom. The fourth-order valence-electron chi connectivity index (χ4n) is 3.65. The molecule has 0 fully saturated rings. The van der Waals surface area contributed by atoms with Crippen molar-refractivity contribution in [1.29, 1.82) is 0 Å². The predicted molar refractivity (Wildman–Crippen MR) is 94.4 cm³/mol. The zero-order chi connectivity index (χ0) is 16.7. The van der Waals surface area contributed by atoms with Crippen LogP contribution in [-0.4, -0.2) is 29.0 Å². The molecule has 0 bridgehead atoms. The lowest BCUT2D eigenvalue weighted by Crippen LogP contribution is -2.31. The minimum Gasteiger partial charge on any atom is -0.496 e. The smallest absolute Gasteiger partial charge is 0.257 e. The van der Waals surface area contributed by atoms with Crippen molar-refractivity contribution in [1.82, 2.24) is 9.47 Å². The number of amides is 1. The molecular weight excluding hydrogens is 300 g/mol. The maximum Gasteiger partial charge on any atom is 0.257 e. The molecule has 2 aromatic carbocycles. The quantitative estimate of drug-likeness (QED) is 0.725. The lowest BCUT2D eigenvalue weighted by Gasteiger charge is -2.22. The highest BCUT2D eigenvalue weighted by Gasteiger charge is 2.24. The van der Waals surface area contributed by atoms with Gasteiger partial charge in [0.25, 0.3) is 5.91 Å². The number of carbonyl (C=O) groups is 1. The van der Waals surface area contributed by atoms with Crippen molar-refractivity contribution in [2.24, 2.45) is 7.05 Å². The van der Waals surface area contributed by atoms with E-state index in [0.717, 1.165) is 6.42 Å². The Hall–Kier alpha value is -2.75. The van der Waals surface area contributed by atoms with E-state index in [9.17, 15) is 4.79 Å². The van der Waals surface area contributed by atoms with E-state index in [0.29, 0.717) is 24.4 Å². The van der Waals surface area contributed by atoms with E-state index in [1.165, 1.54) is 22.0 Å². The third-order valence-corrected chi connectivity index (χ3v) is 4.82. The number of hydrogen-bond donors (Lipinski definition) is 0. The predicted octanol–water partition coefficient (Wildman–Crippen LogP) is 3.39. The van der Waals surface area contributed by atoms with Crippen molar-refractivity contribution in [3.63, 3.8) is 0 Å². The summed E-state index contributed by atoms with van der Waals surface area (Å²) in [4.78, 5) is 15.0. The van der Waals surface area contributed by atoms with E-state index in [1.807, 2.05) is 29.2 Å². The monoisotopic (exact) mass is 320 g/mol. The van der Waals surface area contributed by atoms with Crippen LogP contribution >= 0.6 is 0 Å². The molecule has 2 heterocycles. The van der Waals surface area contributed by atoms with Gasteiger partial charge in [0.05, 0.1) is 12.7 Å².